The van der Waals surface area contributed by atoms with Crippen LogP contribution < -0.4 is 0 Å². The molecule has 2 aromatic heterocycles. The number of thiophene rings is 1. The molecule has 5 nitrogen and oxygen atoms in total. The van der Waals surface area contributed by atoms with Gasteiger partial charge in [0.05, 0.1) is 23.7 Å². The van der Waals surface area contributed by atoms with Crippen LogP contribution in [-0.4, -0.2) is 60.4 Å². The molecule has 24 heavy (non-hydrogen) atoms. The van der Waals surface area contributed by atoms with Crippen LogP contribution in [-0.2, 0) is 17.9 Å². The highest BCUT2D eigenvalue weighted by molar-refractivity contribution is 7.16. The van der Waals surface area contributed by atoms with E-state index < -0.39 is 0 Å². The summed E-state index contributed by atoms with van der Waals surface area (Å²) in [5.74, 6) is 0.940. The van der Waals surface area contributed by atoms with Gasteiger partial charge in [-0.3, -0.25) is 14.6 Å². The topological polar surface area (TPSA) is 39.9 Å². The van der Waals surface area contributed by atoms with E-state index in [1.54, 1.807) is 22.5 Å². The summed E-state index contributed by atoms with van der Waals surface area (Å²) < 4.78 is 6.14. The number of hydrogen-bond acceptors (Lipinski definition) is 5. The van der Waals surface area contributed by atoms with Crippen molar-refractivity contribution in [1.29, 1.82) is 0 Å². The van der Waals surface area contributed by atoms with Gasteiger partial charge in [0.2, 0.25) is 5.91 Å². The van der Waals surface area contributed by atoms with Crippen LogP contribution in [0.15, 0.2) is 34.9 Å². The highest BCUT2D eigenvalue weighted by atomic mass is 35.5. The molecule has 130 valence electrons. The van der Waals surface area contributed by atoms with Gasteiger partial charge in [0.15, 0.2) is 0 Å². The van der Waals surface area contributed by atoms with E-state index >= 15 is 0 Å². The van der Waals surface area contributed by atoms with Crippen LogP contribution in [0, 0.1) is 0 Å². The molecule has 1 saturated heterocycles. The van der Waals surface area contributed by atoms with Gasteiger partial charge in [-0.15, -0.1) is 11.3 Å². The van der Waals surface area contributed by atoms with Crippen LogP contribution >= 0.6 is 22.9 Å². The first-order valence-electron chi connectivity index (χ1n) is 8.05. The third-order valence-electron chi connectivity index (χ3n) is 4.23. The predicted octanol–water partition coefficient (Wildman–Crippen LogP) is 2.77. The van der Waals surface area contributed by atoms with Gasteiger partial charge in [-0.2, -0.15) is 0 Å². The van der Waals surface area contributed by atoms with Gasteiger partial charge in [0, 0.05) is 44.6 Å². The third-order valence-corrected chi connectivity index (χ3v) is 5.45. The molecular formula is C17H22ClN3O2S. The molecule has 0 N–H and O–H groups in total. The zero-order chi connectivity index (χ0) is 16.9. The van der Waals surface area contributed by atoms with E-state index in [0.29, 0.717) is 13.1 Å². The van der Waals surface area contributed by atoms with E-state index in [4.69, 9.17) is 16.0 Å². The Bertz CT molecular complexity index is 651. The van der Waals surface area contributed by atoms with Gasteiger partial charge in [0.25, 0.3) is 0 Å². The summed E-state index contributed by atoms with van der Waals surface area (Å²) in [6.45, 7) is 5.71. The van der Waals surface area contributed by atoms with Gasteiger partial charge in [0.1, 0.15) is 5.76 Å². The number of amides is 1. The first-order valence-corrected chi connectivity index (χ1v) is 9.25. The zero-order valence-electron chi connectivity index (χ0n) is 13.8. The van der Waals surface area contributed by atoms with Crippen molar-refractivity contribution in [3.63, 3.8) is 0 Å². The van der Waals surface area contributed by atoms with Gasteiger partial charge in [-0.25, -0.2) is 0 Å². The van der Waals surface area contributed by atoms with Crippen molar-refractivity contribution in [2.45, 2.75) is 13.1 Å². The minimum Gasteiger partial charge on any atom is -0.467 e. The lowest BCUT2D eigenvalue weighted by Gasteiger charge is -2.34. The fraction of sp³-hybridized carbons (Fsp3) is 0.471. The maximum absolute atomic E-state index is 12.3. The Hall–Kier alpha value is -1.34. The Balaban J connectivity index is 1.40. The fourth-order valence-electron chi connectivity index (χ4n) is 2.80. The maximum atomic E-state index is 12.3. The number of hydrogen-bond donors (Lipinski definition) is 0. The molecule has 0 atom stereocenters. The van der Waals surface area contributed by atoms with Gasteiger partial charge >= 0.3 is 0 Å². The summed E-state index contributed by atoms with van der Waals surface area (Å²) >= 11 is 7.62. The molecule has 3 heterocycles. The van der Waals surface area contributed by atoms with E-state index in [2.05, 4.69) is 15.9 Å². The summed E-state index contributed by atoms with van der Waals surface area (Å²) in [7, 11) is 1.82. The second kappa shape index (κ2) is 8.16. The monoisotopic (exact) mass is 367 g/mol. The van der Waals surface area contributed by atoms with E-state index in [-0.39, 0.29) is 5.91 Å². The summed E-state index contributed by atoms with van der Waals surface area (Å²) in [5, 5.41) is 0. The standard InChI is InChI=1S/C17H22ClN3O2S/c1-19(11-14-3-2-10-23-14)17(22)13-21-8-6-20(7-9-21)12-15-4-5-16(18)24-15/h2-5,10H,6-9,11-13H2,1H3. The molecule has 0 spiro atoms. The molecule has 7 heteroatoms. The summed E-state index contributed by atoms with van der Waals surface area (Å²) in [4.78, 5) is 20.0. The molecule has 2 aromatic rings. The number of halogens is 1. The van der Waals surface area contributed by atoms with Crippen LogP contribution in [0.25, 0.3) is 0 Å². The van der Waals surface area contributed by atoms with Gasteiger partial charge in [-0.05, 0) is 24.3 Å². The Morgan fingerprint density at radius 3 is 2.62 bits per heavy atom. The highest BCUT2D eigenvalue weighted by Gasteiger charge is 2.21. The molecular weight excluding hydrogens is 346 g/mol. The molecule has 1 aliphatic heterocycles. The molecule has 0 radical (unpaired) electrons. The predicted molar refractivity (Wildman–Crippen MR) is 96.2 cm³/mol. The molecule has 1 fully saturated rings. The van der Waals surface area contributed by atoms with Crippen LogP contribution in [0.1, 0.15) is 10.6 Å². The summed E-state index contributed by atoms with van der Waals surface area (Å²) in [5.41, 5.74) is 0. The number of piperazine rings is 1. The Morgan fingerprint density at radius 2 is 2.00 bits per heavy atom. The van der Waals surface area contributed by atoms with E-state index in [1.807, 2.05) is 25.2 Å². The van der Waals surface area contributed by atoms with E-state index in [1.165, 1.54) is 4.88 Å². The highest BCUT2D eigenvalue weighted by Crippen LogP contribution is 2.23. The van der Waals surface area contributed by atoms with E-state index in [9.17, 15) is 4.79 Å². The Kier molecular flexibility index (Phi) is 5.94. The lowest BCUT2D eigenvalue weighted by Crippen LogP contribution is -2.49. The number of furan rings is 1. The normalized spacial score (nSPS) is 16.4. The first kappa shape index (κ1) is 17.5. The maximum Gasteiger partial charge on any atom is 0.236 e. The second-order valence-electron chi connectivity index (χ2n) is 6.09. The Labute approximate surface area is 151 Å². The second-order valence-corrected chi connectivity index (χ2v) is 7.89. The number of carbonyl (C=O) groups is 1. The number of carbonyl (C=O) groups excluding carboxylic acids is 1. The smallest absolute Gasteiger partial charge is 0.236 e. The minimum absolute atomic E-state index is 0.130. The SMILES string of the molecule is CN(Cc1ccco1)C(=O)CN1CCN(Cc2ccc(Cl)s2)CC1. The van der Waals surface area contributed by atoms with Crippen LogP contribution in [0.4, 0.5) is 0 Å². The minimum atomic E-state index is 0.130. The first-order chi connectivity index (χ1) is 11.6. The van der Waals surface area contributed by atoms with Crippen molar-refractivity contribution in [1.82, 2.24) is 14.7 Å². The molecule has 0 aromatic carbocycles. The quantitative estimate of drug-likeness (QED) is 0.787. The van der Waals surface area contributed by atoms with Crippen molar-refractivity contribution in [2.24, 2.45) is 0 Å². The van der Waals surface area contributed by atoms with Crippen molar-refractivity contribution in [3.05, 3.63) is 45.5 Å². The van der Waals surface area contributed by atoms with Crippen molar-refractivity contribution in [3.8, 4) is 0 Å². The largest absolute Gasteiger partial charge is 0.467 e. The Morgan fingerprint density at radius 1 is 1.25 bits per heavy atom. The van der Waals surface area contributed by atoms with Crippen molar-refractivity contribution in [2.75, 3.05) is 39.8 Å². The molecule has 0 saturated carbocycles. The average molecular weight is 368 g/mol. The number of nitrogens with zero attached hydrogens (tertiary/aromatic N) is 3. The van der Waals surface area contributed by atoms with Crippen LogP contribution in [0.5, 0.6) is 0 Å². The summed E-state index contributed by atoms with van der Waals surface area (Å²) in [6, 6.07) is 7.77. The van der Waals surface area contributed by atoms with Gasteiger partial charge < -0.3 is 9.32 Å². The lowest BCUT2D eigenvalue weighted by molar-refractivity contribution is -0.132. The van der Waals surface area contributed by atoms with Crippen LogP contribution in [0.3, 0.4) is 0 Å². The fourth-order valence-corrected chi connectivity index (χ4v) is 3.93. The molecule has 3 rings (SSSR count). The molecule has 0 aliphatic carbocycles. The summed E-state index contributed by atoms with van der Waals surface area (Å²) in [6.07, 6.45) is 1.63. The molecule has 0 unspecified atom stereocenters. The average Bonchev–Trinajstić information content (AvgIpc) is 3.21. The van der Waals surface area contributed by atoms with E-state index in [0.717, 1.165) is 42.8 Å². The zero-order valence-corrected chi connectivity index (χ0v) is 15.4. The molecule has 1 amide bonds. The van der Waals surface area contributed by atoms with Gasteiger partial charge in [-0.1, -0.05) is 11.6 Å². The lowest BCUT2D eigenvalue weighted by atomic mass is 10.3. The van der Waals surface area contributed by atoms with Crippen LogP contribution in [0.2, 0.25) is 4.34 Å². The number of likely N-dealkylation sites (N-methyl/N-ethyl adjacent to an activating group) is 1. The third kappa shape index (κ3) is 4.83. The number of rotatable bonds is 6. The molecule has 0 bridgehead atoms. The van der Waals surface area contributed by atoms with Crippen molar-refractivity contribution < 1.29 is 9.21 Å². The van der Waals surface area contributed by atoms with Crippen molar-refractivity contribution >= 4 is 28.8 Å². The molecule has 1 aliphatic rings.